The highest BCUT2D eigenvalue weighted by atomic mass is 16.1. The maximum atomic E-state index is 10.6. The van der Waals surface area contributed by atoms with E-state index in [1.165, 1.54) is 6.20 Å². The first-order valence-corrected chi connectivity index (χ1v) is 3.59. The van der Waals surface area contributed by atoms with Gasteiger partial charge in [0.15, 0.2) is 5.82 Å². The van der Waals surface area contributed by atoms with Crippen molar-refractivity contribution in [2.75, 3.05) is 11.9 Å². The lowest BCUT2D eigenvalue weighted by Crippen LogP contribution is -2.14. The molecular weight excluding hydrogens is 156 g/mol. The van der Waals surface area contributed by atoms with Crippen molar-refractivity contribution in [3.05, 3.63) is 28.8 Å². The molecule has 0 aliphatic heterocycles. The number of nitrogens with one attached hydrogen (secondary N) is 2. The van der Waals surface area contributed by atoms with E-state index in [1.807, 2.05) is 19.1 Å². The molecule has 1 heterocycles. The van der Waals surface area contributed by atoms with Gasteiger partial charge in [-0.3, -0.25) is 0 Å². The van der Waals surface area contributed by atoms with Crippen LogP contribution in [0.2, 0.25) is 0 Å². The smallest absolute Gasteiger partial charge is 0.363 e. The third-order valence-electron chi connectivity index (χ3n) is 1.21. The van der Waals surface area contributed by atoms with Gasteiger partial charge in [0.1, 0.15) is 0 Å². The molecule has 1 aromatic heterocycles. The lowest BCUT2D eigenvalue weighted by molar-refractivity contribution is 0.913. The average Bonchev–Trinajstić information content (AvgIpc) is 2.05. The molecule has 0 bridgehead atoms. The van der Waals surface area contributed by atoms with Gasteiger partial charge in [0.05, 0.1) is 6.20 Å². The Morgan fingerprint density at radius 1 is 1.75 bits per heavy atom. The molecule has 0 saturated carbocycles. The predicted octanol–water partition coefficient (Wildman–Crippen LogP) is 0.153. The van der Waals surface area contributed by atoms with Crippen molar-refractivity contribution in [3.63, 3.8) is 0 Å². The Hall–Kier alpha value is -1.65. The van der Waals surface area contributed by atoms with Crippen LogP contribution in [0.25, 0.3) is 0 Å². The van der Waals surface area contributed by atoms with E-state index < -0.39 is 5.69 Å². The number of H-pyrrole nitrogens is 1. The molecular formula is C7H10N4O. The van der Waals surface area contributed by atoms with Crippen molar-refractivity contribution < 1.29 is 0 Å². The number of nitrogens with zero attached hydrogens (tertiary/aromatic N) is 2. The third-order valence-corrected chi connectivity index (χ3v) is 1.21. The van der Waals surface area contributed by atoms with Crippen molar-refractivity contribution >= 4 is 5.82 Å². The van der Waals surface area contributed by atoms with Crippen LogP contribution >= 0.6 is 0 Å². The van der Waals surface area contributed by atoms with Crippen molar-refractivity contribution in [2.24, 2.45) is 0 Å². The minimum Gasteiger partial charge on any atom is -0.365 e. The number of aromatic nitrogens is 3. The van der Waals surface area contributed by atoms with E-state index >= 15 is 0 Å². The van der Waals surface area contributed by atoms with E-state index in [0.717, 1.165) is 0 Å². The van der Waals surface area contributed by atoms with Crippen LogP contribution in [0.4, 0.5) is 5.82 Å². The molecule has 0 aromatic carbocycles. The van der Waals surface area contributed by atoms with Crippen LogP contribution in [0.5, 0.6) is 0 Å². The fourth-order valence-corrected chi connectivity index (χ4v) is 0.678. The molecule has 1 rings (SSSR count). The van der Waals surface area contributed by atoms with E-state index in [0.29, 0.717) is 12.4 Å². The van der Waals surface area contributed by atoms with Crippen LogP contribution in [0.1, 0.15) is 6.92 Å². The van der Waals surface area contributed by atoms with Crippen LogP contribution in [-0.2, 0) is 0 Å². The first-order chi connectivity index (χ1) is 5.83. The summed E-state index contributed by atoms with van der Waals surface area (Å²) in [4.78, 5) is 14.3. The maximum absolute atomic E-state index is 10.6. The lowest BCUT2D eigenvalue weighted by Gasteiger charge is -1.97. The Bertz CT molecular complexity index is 317. The molecule has 1 aromatic rings. The van der Waals surface area contributed by atoms with Crippen LogP contribution in [0, 0.1) is 0 Å². The molecule has 64 valence electrons. The zero-order valence-corrected chi connectivity index (χ0v) is 6.74. The molecule has 0 aliphatic carbocycles. The molecule has 0 unspecified atom stereocenters. The molecule has 0 aliphatic rings. The summed E-state index contributed by atoms with van der Waals surface area (Å²) in [6, 6.07) is 0. The molecule has 5 heteroatoms. The van der Waals surface area contributed by atoms with Gasteiger partial charge in [-0.05, 0) is 6.92 Å². The molecule has 5 nitrogen and oxygen atoms in total. The summed E-state index contributed by atoms with van der Waals surface area (Å²) in [5.41, 5.74) is -0.444. The van der Waals surface area contributed by atoms with Gasteiger partial charge in [-0.15, -0.1) is 0 Å². The molecule has 2 N–H and O–H groups in total. The Balaban J connectivity index is 2.58. The fourth-order valence-electron chi connectivity index (χ4n) is 0.678. The highest BCUT2D eigenvalue weighted by Gasteiger charge is 1.90. The van der Waals surface area contributed by atoms with E-state index in [4.69, 9.17) is 0 Å². The summed E-state index contributed by atoms with van der Waals surface area (Å²) < 4.78 is 0. The van der Waals surface area contributed by atoms with E-state index in [1.54, 1.807) is 0 Å². The molecule has 0 fully saturated rings. The van der Waals surface area contributed by atoms with Gasteiger partial charge in [0.2, 0.25) is 0 Å². The second kappa shape index (κ2) is 4.27. The molecule has 0 radical (unpaired) electrons. The van der Waals surface area contributed by atoms with Gasteiger partial charge in [-0.1, -0.05) is 12.2 Å². The van der Waals surface area contributed by atoms with Gasteiger partial charge in [0, 0.05) is 6.54 Å². The minimum absolute atomic E-state index is 0.444. The van der Waals surface area contributed by atoms with E-state index in [9.17, 15) is 4.79 Å². The molecule has 0 spiro atoms. The predicted molar refractivity (Wildman–Crippen MR) is 46.0 cm³/mol. The normalized spacial score (nSPS) is 10.4. The lowest BCUT2D eigenvalue weighted by atomic mass is 10.5. The maximum Gasteiger partial charge on any atom is 0.363 e. The molecule has 0 atom stereocenters. The van der Waals surface area contributed by atoms with Crippen molar-refractivity contribution in [1.82, 2.24) is 15.2 Å². The zero-order valence-electron chi connectivity index (χ0n) is 6.74. The highest BCUT2D eigenvalue weighted by Crippen LogP contribution is 1.91. The molecule has 0 amide bonds. The number of anilines is 1. The van der Waals surface area contributed by atoms with Crippen LogP contribution in [0.15, 0.2) is 23.1 Å². The second-order valence-electron chi connectivity index (χ2n) is 2.12. The summed E-state index contributed by atoms with van der Waals surface area (Å²) in [6.45, 7) is 2.57. The minimum atomic E-state index is -0.444. The standard InChI is InChI=1S/C7H10N4O/c1-2-3-4-8-6-5-9-11-7(12)10-6/h2-3,5H,4H2,1H3,(H2,8,10,11,12). The van der Waals surface area contributed by atoms with Gasteiger partial charge in [0.25, 0.3) is 0 Å². The summed E-state index contributed by atoms with van der Waals surface area (Å²) in [7, 11) is 0. The van der Waals surface area contributed by atoms with Gasteiger partial charge in [-0.25, -0.2) is 9.89 Å². The van der Waals surface area contributed by atoms with Crippen LogP contribution < -0.4 is 11.0 Å². The monoisotopic (exact) mass is 166 g/mol. The fraction of sp³-hybridized carbons (Fsp3) is 0.286. The largest absolute Gasteiger partial charge is 0.365 e. The number of hydrogen-bond acceptors (Lipinski definition) is 4. The van der Waals surface area contributed by atoms with E-state index in [2.05, 4.69) is 20.5 Å². The molecule has 0 saturated heterocycles. The van der Waals surface area contributed by atoms with Gasteiger partial charge >= 0.3 is 5.69 Å². The van der Waals surface area contributed by atoms with Crippen molar-refractivity contribution in [1.29, 1.82) is 0 Å². The Morgan fingerprint density at radius 2 is 2.58 bits per heavy atom. The van der Waals surface area contributed by atoms with Crippen molar-refractivity contribution in [2.45, 2.75) is 6.92 Å². The number of allylic oxidation sites excluding steroid dienone is 1. The summed E-state index contributed by atoms with van der Waals surface area (Å²) in [5, 5.41) is 8.67. The second-order valence-corrected chi connectivity index (χ2v) is 2.12. The quantitative estimate of drug-likeness (QED) is 0.627. The Labute approximate surface area is 69.5 Å². The van der Waals surface area contributed by atoms with Crippen LogP contribution in [0.3, 0.4) is 0 Å². The topological polar surface area (TPSA) is 70.7 Å². The van der Waals surface area contributed by atoms with E-state index in [-0.39, 0.29) is 0 Å². The summed E-state index contributed by atoms with van der Waals surface area (Å²) >= 11 is 0. The molecule has 12 heavy (non-hydrogen) atoms. The Morgan fingerprint density at radius 3 is 3.25 bits per heavy atom. The van der Waals surface area contributed by atoms with Gasteiger partial charge in [-0.2, -0.15) is 10.1 Å². The Kier molecular flexibility index (Phi) is 3.01. The third kappa shape index (κ3) is 2.53. The first kappa shape index (κ1) is 8.45. The summed E-state index contributed by atoms with van der Waals surface area (Å²) in [6.07, 6.45) is 5.29. The SMILES string of the molecule is CC=CCNc1cn[nH]c(=O)n1. The van der Waals surface area contributed by atoms with Crippen molar-refractivity contribution in [3.8, 4) is 0 Å². The number of rotatable bonds is 3. The average molecular weight is 166 g/mol. The number of hydrogen-bond donors (Lipinski definition) is 2. The summed E-state index contributed by atoms with van der Waals surface area (Å²) in [5.74, 6) is 0.483. The first-order valence-electron chi connectivity index (χ1n) is 3.59. The zero-order chi connectivity index (χ0) is 8.81. The van der Waals surface area contributed by atoms with Gasteiger partial charge < -0.3 is 5.32 Å². The number of aromatic amines is 1. The highest BCUT2D eigenvalue weighted by molar-refractivity contribution is 5.29. The van der Waals surface area contributed by atoms with Crippen LogP contribution in [-0.4, -0.2) is 21.7 Å².